The van der Waals surface area contributed by atoms with Crippen LogP contribution in [0.2, 0.25) is 10.0 Å². The van der Waals surface area contributed by atoms with Gasteiger partial charge < -0.3 is 20.9 Å². The van der Waals surface area contributed by atoms with Crippen molar-refractivity contribution in [2.75, 3.05) is 23.8 Å². The number of rotatable bonds is 6. The topological polar surface area (TPSA) is 143 Å². The average molecular weight is 439 g/mol. The third-order valence-electron chi connectivity index (χ3n) is 3.76. The predicted molar refractivity (Wildman–Crippen MR) is 108 cm³/mol. The highest BCUT2D eigenvalue weighted by molar-refractivity contribution is 6.31. The van der Waals surface area contributed by atoms with Crippen molar-refractivity contribution in [3.8, 4) is 5.75 Å². The maximum absolute atomic E-state index is 12.5. The minimum absolute atomic E-state index is 0.000731. The molecule has 0 aliphatic heterocycles. The third kappa shape index (κ3) is 4.86. The summed E-state index contributed by atoms with van der Waals surface area (Å²) in [5, 5.41) is 33.4. The van der Waals surface area contributed by atoms with Crippen LogP contribution in [0.15, 0.2) is 36.4 Å². The van der Waals surface area contributed by atoms with Crippen LogP contribution in [0.3, 0.4) is 0 Å². The molecule has 0 fully saturated rings. The largest absolute Gasteiger partial charge is 0.739 e. The highest BCUT2D eigenvalue weighted by atomic mass is 35.5. The highest BCUT2D eigenvalue weighted by Gasteiger charge is 2.23. The van der Waals surface area contributed by atoms with Crippen molar-refractivity contribution in [1.82, 2.24) is 5.10 Å². The Kier molecular flexibility index (Phi) is 6.37. The molecule has 12 heteroatoms. The van der Waals surface area contributed by atoms with Crippen molar-refractivity contribution >= 4 is 51.9 Å². The number of benzene rings is 2. The number of nitrogens with two attached hydrogens (primary N) is 1. The van der Waals surface area contributed by atoms with Crippen molar-refractivity contribution in [2.45, 2.75) is 6.42 Å². The monoisotopic (exact) mass is 438 g/mol. The zero-order valence-electron chi connectivity index (χ0n) is 14.9. The van der Waals surface area contributed by atoms with Crippen LogP contribution in [0.1, 0.15) is 6.42 Å². The van der Waals surface area contributed by atoms with Crippen LogP contribution in [-0.2, 0) is 0 Å². The van der Waals surface area contributed by atoms with Gasteiger partial charge in [-0.05, 0) is 37.2 Å². The summed E-state index contributed by atoms with van der Waals surface area (Å²) >= 11 is 11.9. The zero-order valence-corrected chi connectivity index (χ0v) is 16.4. The van der Waals surface area contributed by atoms with Gasteiger partial charge in [0.05, 0.1) is 12.3 Å². The van der Waals surface area contributed by atoms with Crippen molar-refractivity contribution in [3.05, 3.63) is 56.9 Å². The first-order valence-electron chi connectivity index (χ1n) is 8.42. The minimum atomic E-state index is -0.825. The molecular weight excluding hydrogens is 423 g/mol. The summed E-state index contributed by atoms with van der Waals surface area (Å²) in [6.07, 6.45) is 0.623. The summed E-state index contributed by atoms with van der Waals surface area (Å²) in [5.74, 6) is -0.162. The van der Waals surface area contributed by atoms with Gasteiger partial charge in [0.15, 0.2) is 5.52 Å². The molecular formula is C17H16Cl2N6O4. The number of aromatic nitrogens is 3. The number of carbonyl (C=O) groups excluding carboxylic acids is 1. The summed E-state index contributed by atoms with van der Waals surface area (Å²) in [6.45, 7) is 0.797. The number of urea groups is 1. The fourth-order valence-electron chi connectivity index (χ4n) is 2.44. The Hall–Kier alpha value is -3.08. The lowest BCUT2D eigenvalue weighted by Crippen LogP contribution is -2.45. The minimum Gasteiger partial charge on any atom is -0.739 e. The van der Waals surface area contributed by atoms with E-state index in [0.29, 0.717) is 35.1 Å². The number of ether oxygens (including phenoxy) is 1. The lowest BCUT2D eigenvalue weighted by atomic mass is 10.3. The lowest BCUT2D eigenvalue weighted by Gasteiger charge is -2.13. The number of nitrogens with one attached hydrogen (secondary N) is 2. The highest BCUT2D eigenvalue weighted by Crippen LogP contribution is 2.28. The maximum atomic E-state index is 12.5. The van der Waals surface area contributed by atoms with Gasteiger partial charge >= 0.3 is 12.0 Å². The van der Waals surface area contributed by atoms with Crippen LogP contribution in [0.4, 0.5) is 16.4 Å². The molecule has 0 bridgehead atoms. The van der Waals surface area contributed by atoms with E-state index in [-0.39, 0.29) is 26.6 Å². The molecule has 0 unspecified atom stereocenters. The molecule has 0 radical (unpaired) electrons. The molecule has 0 spiro atoms. The number of hydrogen-bond acceptors (Lipinski definition) is 6. The average Bonchev–Trinajstić information content (AvgIpc) is 2.67. The number of amides is 2. The summed E-state index contributed by atoms with van der Waals surface area (Å²) in [7, 11) is 0. The van der Waals surface area contributed by atoms with Crippen molar-refractivity contribution in [3.63, 3.8) is 0 Å². The molecule has 0 saturated carbocycles. The van der Waals surface area contributed by atoms with Crippen LogP contribution in [0.5, 0.6) is 5.75 Å². The fourth-order valence-corrected chi connectivity index (χ4v) is 2.78. The second-order valence-electron chi connectivity index (χ2n) is 5.83. The molecule has 1 heterocycles. The molecule has 3 rings (SSSR count). The molecule has 2 amide bonds. The van der Waals surface area contributed by atoms with E-state index in [1.54, 1.807) is 12.1 Å². The van der Waals surface area contributed by atoms with Crippen molar-refractivity contribution in [1.29, 1.82) is 0 Å². The van der Waals surface area contributed by atoms with Crippen LogP contribution >= 0.6 is 23.2 Å². The Labute approximate surface area is 174 Å². The number of nitrogens with zero attached hydrogens (tertiary/aromatic N) is 3. The molecule has 29 heavy (non-hydrogen) atoms. The molecule has 152 valence electrons. The molecule has 0 aliphatic rings. The standard InChI is InChI=1S/C17H16Cl2N6O4/c18-10-3-5-15(29-7-1-6-20)12(8-10)21-17(26)22-16-23-25(28)13-4-2-11(19)9-14(13)24(16)27/h2-5,8-9H,1,6-7,20H2,(H2,21,22,23,26). The Balaban J connectivity index is 1.83. The Morgan fingerprint density at radius 3 is 2.59 bits per heavy atom. The van der Waals surface area contributed by atoms with Gasteiger partial charge in [-0.1, -0.05) is 23.2 Å². The maximum Gasteiger partial charge on any atom is 0.469 e. The van der Waals surface area contributed by atoms with E-state index in [1.807, 2.05) is 0 Å². The van der Waals surface area contributed by atoms with Gasteiger partial charge in [0.2, 0.25) is 5.10 Å². The number of anilines is 2. The van der Waals surface area contributed by atoms with Gasteiger partial charge in [-0.3, -0.25) is 5.32 Å². The van der Waals surface area contributed by atoms with E-state index in [9.17, 15) is 15.2 Å². The summed E-state index contributed by atoms with van der Waals surface area (Å²) in [6, 6.07) is 7.94. The van der Waals surface area contributed by atoms with E-state index >= 15 is 0 Å². The van der Waals surface area contributed by atoms with Crippen LogP contribution < -0.4 is 30.7 Å². The SMILES string of the molecule is NCCCOc1ccc(Cl)cc1NC(=O)Nc1n[n+]([O-])c2ccc(Cl)cc2[n+]1[O-]. The summed E-state index contributed by atoms with van der Waals surface area (Å²) in [5.41, 5.74) is 5.66. The first kappa shape index (κ1) is 20.6. The van der Waals surface area contributed by atoms with E-state index in [1.165, 1.54) is 24.3 Å². The Morgan fingerprint density at radius 1 is 1.10 bits per heavy atom. The van der Waals surface area contributed by atoms with Gasteiger partial charge in [-0.25, -0.2) is 9.52 Å². The summed E-state index contributed by atoms with van der Waals surface area (Å²) < 4.78 is 5.86. The molecule has 3 aromatic rings. The quantitative estimate of drug-likeness (QED) is 0.305. The normalized spacial score (nSPS) is 10.7. The number of hydrogen-bond donors (Lipinski definition) is 3. The smallest absolute Gasteiger partial charge is 0.469 e. The van der Waals surface area contributed by atoms with Crippen molar-refractivity contribution < 1.29 is 19.1 Å². The molecule has 0 saturated heterocycles. The fraction of sp³-hybridized carbons (Fsp3) is 0.176. The second-order valence-corrected chi connectivity index (χ2v) is 6.71. The number of carbonyl (C=O) groups is 1. The first-order chi connectivity index (χ1) is 13.9. The van der Waals surface area contributed by atoms with E-state index in [0.717, 1.165) is 0 Å². The Morgan fingerprint density at radius 2 is 1.83 bits per heavy atom. The summed E-state index contributed by atoms with van der Waals surface area (Å²) in [4.78, 5) is 12.6. The van der Waals surface area contributed by atoms with Crippen LogP contribution in [0, 0.1) is 10.4 Å². The number of halogens is 2. The lowest BCUT2D eigenvalue weighted by molar-refractivity contribution is -0.672. The van der Waals surface area contributed by atoms with Crippen molar-refractivity contribution in [2.24, 2.45) is 5.73 Å². The molecule has 0 aliphatic carbocycles. The van der Waals surface area contributed by atoms with E-state index in [2.05, 4.69) is 15.7 Å². The third-order valence-corrected chi connectivity index (χ3v) is 4.23. The predicted octanol–water partition coefficient (Wildman–Crippen LogP) is 2.18. The first-order valence-corrected chi connectivity index (χ1v) is 9.17. The Bertz CT molecular complexity index is 1070. The zero-order chi connectivity index (χ0) is 21.0. The molecule has 1 aromatic heterocycles. The number of fused-ring (bicyclic) bond motifs is 1. The van der Waals surface area contributed by atoms with Gasteiger partial charge in [0.25, 0.3) is 5.52 Å². The van der Waals surface area contributed by atoms with Gasteiger partial charge in [-0.15, -0.1) is 0 Å². The van der Waals surface area contributed by atoms with Gasteiger partial charge in [0, 0.05) is 27.0 Å². The second kappa shape index (κ2) is 8.95. The molecule has 4 N–H and O–H groups in total. The van der Waals surface area contributed by atoms with Gasteiger partial charge in [0.1, 0.15) is 5.75 Å². The van der Waals surface area contributed by atoms with Crippen LogP contribution in [0.25, 0.3) is 11.0 Å². The molecule has 10 nitrogen and oxygen atoms in total. The van der Waals surface area contributed by atoms with E-state index in [4.69, 9.17) is 33.7 Å². The van der Waals surface area contributed by atoms with Crippen LogP contribution in [-0.4, -0.2) is 24.3 Å². The molecule has 2 aromatic carbocycles. The molecule has 0 atom stereocenters. The van der Waals surface area contributed by atoms with Gasteiger partial charge in [-0.2, -0.15) is 5.32 Å². The van der Waals surface area contributed by atoms with E-state index < -0.39 is 12.0 Å².